The van der Waals surface area contributed by atoms with E-state index in [4.69, 9.17) is 11.5 Å². The van der Waals surface area contributed by atoms with Gasteiger partial charge in [0, 0.05) is 11.3 Å². The summed E-state index contributed by atoms with van der Waals surface area (Å²) in [6.07, 6.45) is 1.93. The van der Waals surface area contributed by atoms with E-state index in [1.54, 1.807) is 0 Å². The molecule has 0 aromatic heterocycles. The van der Waals surface area contributed by atoms with E-state index in [9.17, 15) is 0 Å². The van der Waals surface area contributed by atoms with Crippen LogP contribution in [0.25, 0.3) is 0 Å². The Bertz CT molecular complexity index is 398. The van der Waals surface area contributed by atoms with Gasteiger partial charge in [-0.15, -0.1) is 0 Å². The van der Waals surface area contributed by atoms with Gasteiger partial charge in [-0.1, -0.05) is 18.2 Å². The van der Waals surface area contributed by atoms with Crippen molar-refractivity contribution < 1.29 is 0 Å². The summed E-state index contributed by atoms with van der Waals surface area (Å²) in [5, 5.41) is 0. The number of aryl methyl sites for hydroxylation is 2. The van der Waals surface area contributed by atoms with Crippen molar-refractivity contribution in [2.45, 2.75) is 12.8 Å². The molecule has 2 nitrogen and oxygen atoms in total. The molecule has 80 valence electrons. The zero-order chi connectivity index (χ0) is 11.4. The normalized spacial score (nSPS) is 9.75. The third-order valence-corrected chi connectivity index (χ3v) is 2.49. The first kappa shape index (κ1) is 10.4. The quantitative estimate of drug-likeness (QED) is 0.763. The number of hydrogen-bond acceptors (Lipinski definition) is 2. The first-order valence-electron chi connectivity index (χ1n) is 5.27. The van der Waals surface area contributed by atoms with Crippen LogP contribution in [0.5, 0.6) is 0 Å². The molecule has 0 bridgehead atoms. The van der Waals surface area contributed by atoms with E-state index in [0.717, 1.165) is 24.1 Å². The zero-order valence-electron chi connectivity index (χ0n) is 9.03. The molecule has 0 radical (unpaired) electrons. The van der Waals surface area contributed by atoms with Gasteiger partial charge in [0.1, 0.15) is 0 Å². The average Bonchev–Trinajstić information content (AvgIpc) is 2.30. The minimum atomic E-state index is 0.635. The van der Waals surface area contributed by atoms with Gasteiger partial charge in [-0.25, -0.2) is 0 Å². The molecule has 2 heteroatoms. The topological polar surface area (TPSA) is 52.0 Å². The lowest BCUT2D eigenvalue weighted by Gasteiger charge is -2.01. The van der Waals surface area contributed by atoms with Crippen molar-refractivity contribution in [1.82, 2.24) is 0 Å². The van der Waals surface area contributed by atoms with Gasteiger partial charge in [-0.05, 0) is 48.7 Å². The monoisotopic (exact) mass is 210 g/mol. The van der Waals surface area contributed by atoms with Crippen molar-refractivity contribution in [1.29, 1.82) is 0 Å². The Morgan fingerprint density at radius 3 is 2.19 bits per heavy atom. The maximum Gasteiger partial charge on any atom is 0.0831 e. The summed E-state index contributed by atoms with van der Waals surface area (Å²) in [7, 11) is 0. The van der Waals surface area contributed by atoms with Gasteiger partial charge >= 0.3 is 0 Å². The largest absolute Gasteiger partial charge is 0.399 e. The summed E-state index contributed by atoms with van der Waals surface area (Å²) < 4.78 is 0. The number of anilines is 2. The van der Waals surface area contributed by atoms with Crippen LogP contribution in [0.3, 0.4) is 0 Å². The lowest BCUT2D eigenvalue weighted by Crippen LogP contribution is -1.92. The SMILES string of the molecule is Nc1c#cc(CCc2ccc(N)cc2)cc1. The predicted molar refractivity (Wildman–Crippen MR) is 66.8 cm³/mol. The van der Waals surface area contributed by atoms with E-state index < -0.39 is 0 Å². The molecule has 0 heterocycles. The highest BCUT2D eigenvalue weighted by molar-refractivity contribution is 5.39. The molecule has 0 saturated carbocycles. The maximum atomic E-state index is 5.63. The summed E-state index contributed by atoms with van der Waals surface area (Å²) in [4.78, 5) is 0. The Hall–Kier alpha value is -2.14. The fraction of sp³-hybridized carbons (Fsp3) is 0.143. The van der Waals surface area contributed by atoms with Crippen LogP contribution in [0, 0.1) is 12.1 Å². The van der Waals surface area contributed by atoms with Crippen LogP contribution in [-0.4, -0.2) is 0 Å². The van der Waals surface area contributed by atoms with Gasteiger partial charge < -0.3 is 11.5 Å². The first-order valence-corrected chi connectivity index (χ1v) is 5.27. The third kappa shape index (κ3) is 2.68. The second kappa shape index (κ2) is 4.59. The Balaban J connectivity index is 1.97. The lowest BCUT2D eigenvalue weighted by molar-refractivity contribution is 0.962. The van der Waals surface area contributed by atoms with Gasteiger partial charge in [0.15, 0.2) is 0 Å². The van der Waals surface area contributed by atoms with Crippen molar-refractivity contribution in [3.05, 3.63) is 59.7 Å². The van der Waals surface area contributed by atoms with Crippen molar-refractivity contribution in [2.24, 2.45) is 0 Å². The molecule has 0 aliphatic heterocycles. The molecule has 0 amide bonds. The predicted octanol–water partition coefficient (Wildman–Crippen LogP) is 2.24. The molecular formula is C14H14N2. The number of hydrogen-bond donors (Lipinski definition) is 2. The summed E-state index contributed by atoms with van der Waals surface area (Å²) in [6.45, 7) is 0. The standard InChI is InChI=1S/C14H14N2/c15-13-7-3-11(4-8-13)1-2-12-5-9-14(16)10-6-12/h3-5,7-9H,1-2,15-16H2. The summed E-state index contributed by atoms with van der Waals surface area (Å²) in [6, 6.07) is 17.7. The highest BCUT2D eigenvalue weighted by Gasteiger charge is 1.95. The highest BCUT2D eigenvalue weighted by Crippen LogP contribution is 2.09. The molecule has 0 spiro atoms. The molecule has 0 atom stereocenters. The number of nitrogen functional groups attached to an aromatic ring is 2. The lowest BCUT2D eigenvalue weighted by atomic mass is 10.1. The number of nitrogens with two attached hydrogens (primary N) is 2. The van der Waals surface area contributed by atoms with Gasteiger partial charge in [-0.3, -0.25) is 0 Å². The average molecular weight is 210 g/mol. The van der Waals surface area contributed by atoms with Crippen molar-refractivity contribution >= 4 is 11.4 Å². The third-order valence-electron chi connectivity index (χ3n) is 2.49. The van der Waals surface area contributed by atoms with E-state index in [1.165, 1.54) is 5.56 Å². The van der Waals surface area contributed by atoms with Crippen LogP contribution in [-0.2, 0) is 12.8 Å². The molecule has 2 aromatic carbocycles. The van der Waals surface area contributed by atoms with Crippen LogP contribution in [0.4, 0.5) is 11.4 Å². The fourth-order valence-electron chi connectivity index (χ4n) is 1.54. The zero-order valence-corrected chi connectivity index (χ0v) is 9.03. The van der Waals surface area contributed by atoms with Gasteiger partial charge in [-0.2, -0.15) is 0 Å². The van der Waals surface area contributed by atoms with Crippen molar-refractivity contribution in [3.63, 3.8) is 0 Å². The molecule has 2 aromatic rings. The highest BCUT2D eigenvalue weighted by atomic mass is 14.5. The van der Waals surface area contributed by atoms with E-state index in [1.807, 2.05) is 24.3 Å². The minimum Gasteiger partial charge on any atom is -0.399 e. The van der Waals surface area contributed by atoms with Crippen LogP contribution in [0.1, 0.15) is 11.1 Å². The van der Waals surface area contributed by atoms with Crippen molar-refractivity contribution in [3.8, 4) is 0 Å². The smallest absolute Gasteiger partial charge is 0.0831 e. The molecule has 0 aliphatic carbocycles. The molecule has 16 heavy (non-hydrogen) atoms. The molecular weight excluding hydrogens is 196 g/mol. The van der Waals surface area contributed by atoms with Crippen LogP contribution in [0.15, 0.2) is 36.4 Å². The molecule has 4 N–H and O–H groups in total. The Labute approximate surface area is 95.9 Å². The molecule has 0 fully saturated rings. The van der Waals surface area contributed by atoms with Gasteiger partial charge in [0.25, 0.3) is 0 Å². The summed E-state index contributed by atoms with van der Waals surface area (Å²) >= 11 is 0. The van der Waals surface area contributed by atoms with Gasteiger partial charge in [0.2, 0.25) is 0 Å². The Morgan fingerprint density at radius 1 is 0.812 bits per heavy atom. The first-order chi connectivity index (χ1) is 7.74. The number of benzene rings is 1. The van der Waals surface area contributed by atoms with Crippen LogP contribution in [0.2, 0.25) is 0 Å². The van der Waals surface area contributed by atoms with Crippen molar-refractivity contribution in [2.75, 3.05) is 11.5 Å². The Kier molecular flexibility index (Phi) is 2.98. The summed E-state index contributed by atoms with van der Waals surface area (Å²) in [5.41, 5.74) is 15.0. The fourth-order valence-corrected chi connectivity index (χ4v) is 1.54. The molecule has 0 saturated heterocycles. The van der Waals surface area contributed by atoms with Crippen LogP contribution < -0.4 is 11.5 Å². The van der Waals surface area contributed by atoms with Crippen LogP contribution >= 0.6 is 0 Å². The Morgan fingerprint density at radius 2 is 1.56 bits per heavy atom. The van der Waals surface area contributed by atoms with E-state index in [-0.39, 0.29) is 0 Å². The second-order valence-corrected chi connectivity index (χ2v) is 3.81. The molecule has 2 rings (SSSR count). The summed E-state index contributed by atoms with van der Waals surface area (Å²) in [5.74, 6) is 0. The molecule has 0 aliphatic rings. The van der Waals surface area contributed by atoms with E-state index >= 15 is 0 Å². The molecule has 0 unspecified atom stereocenters. The minimum absolute atomic E-state index is 0.635. The number of rotatable bonds is 3. The van der Waals surface area contributed by atoms with E-state index in [0.29, 0.717) is 5.69 Å². The van der Waals surface area contributed by atoms with Gasteiger partial charge in [0.05, 0.1) is 5.69 Å². The second-order valence-electron chi connectivity index (χ2n) is 3.81. The van der Waals surface area contributed by atoms with E-state index in [2.05, 4.69) is 24.3 Å². The maximum absolute atomic E-state index is 5.63.